The minimum Gasteiger partial charge on any atom is -0.493 e. The fourth-order valence-electron chi connectivity index (χ4n) is 2.04. The Bertz CT molecular complexity index is 561. The summed E-state index contributed by atoms with van der Waals surface area (Å²) in [4.78, 5) is 6.09. The van der Waals surface area contributed by atoms with E-state index in [0.29, 0.717) is 5.92 Å². The maximum Gasteiger partial charge on any atom is 0.123 e. The van der Waals surface area contributed by atoms with Crippen LogP contribution in [-0.4, -0.2) is 18.6 Å². The van der Waals surface area contributed by atoms with Crippen LogP contribution in [0.5, 0.6) is 5.75 Å². The Labute approximate surface area is 131 Å². The molecule has 0 unspecified atom stereocenters. The molecule has 0 aliphatic rings. The smallest absolute Gasteiger partial charge is 0.123 e. The van der Waals surface area contributed by atoms with Gasteiger partial charge in [0.25, 0.3) is 0 Å². The van der Waals surface area contributed by atoms with Crippen LogP contribution in [0.4, 0.5) is 0 Å². The van der Waals surface area contributed by atoms with Gasteiger partial charge in [0.2, 0.25) is 0 Å². The van der Waals surface area contributed by atoms with Crippen LogP contribution in [-0.2, 0) is 13.0 Å². The second-order valence-electron chi connectivity index (χ2n) is 5.50. The standard InChI is InChI=1S/C17H24N2OS/c1-5-15-16(10-18-4)21-17(19-15)13-6-8-14(9-7-13)20-11-12(2)3/h6-9,12,18H,5,10-11H2,1-4H3. The number of thiazole rings is 1. The topological polar surface area (TPSA) is 34.1 Å². The van der Waals surface area contributed by atoms with Crippen molar-refractivity contribution in [2.75, 3.05) is 13.7 Å². The average Bonchev–Trinajstić information content (AvgIpc) is 2.89. The van der Waals surface area contributed by atoms with Crippen molar-refractivity contribution in [3.63, 3.8) is 0 Å². The van der Waals surface area contributed by atoms with Gasteiger partial charge in [0, 0.05) is 17.0 Å². The molecule has 1 aromatic heterocycles. The maximum absolute atomic E-state index is 5.72. The third-order valence-corrected chi connectivity index (χ3v) is 4.28. The minimum absolute atomic E-state index is 0.542. The lowest BCUT2D eigenvalue weighted by molar-refractivity contribution is 0.271. The minimum atomic E-state index is 0.542. The number of hydrogen-bond acceptors (Lipinski definition) is 4. The monoisotopic (exact) mass is 304 g/mol. The number of ether oxygens (including phenoxy) is 1. The highest BCUT2D eigenvalue weighted by atomic mass is 32.1. The molecule has 3 nitrogen and oxygen atoms in total. The van der Waals surface area contributed by atoms with E-state index in [1.807, 2.05) is 19.2 Å². The van der Waals surface area contributed by atoms with E-state index in [0.717, 1.165) is 35.9 Å². The van der Waals surface area contributed by atoms with Gasteiger partial charge in [-0.2, -0.15) is 0 Å². The highest BCUT2D eigenvalue weighted by molar-refractivity contribution is 7.15. The first-order chi connectivity index (χ1) is 10.1. The molecule has 21 heavy (non-hydrogen) atoms. The molecule has 0 spiro atoms. The first kappa shape index (κ1) is 16.0. The number of aryl methyl sites for hydroxylation is 1. The van der Waals surface area contributed by atoms with Gasteiger partial charge in [-0.1, -0.05) is 20.8 Å². The summed E-state index contributed by atoms with van der Waals surface area (Å²) in [5.41, 5.74) is 2.36. The second kappa shape index (κ2) is 7.57. The van der Waals surface area contributed by atoms with Crippen molar-refractivity contribution in [2.24, 2.45) is 5.92 Å². The normalized spacial score (nSPS) is 11.1. The zero-order valence-electron chi connectivity index (χ0n) is 13.3. The van der Waals surface area contributed by atoms with Gasteiger partial charge in [0.05, 0.1) is 12.3 Å². The third-order valence-electron chi connectivity index (χ3n) is 3.14. The van der Waals surface area contributed by atoms with Crippen LogP contribution in [0.15, 0.2) is 24.3 Å². The Morgan fingerprint density at radius 2 is 1.95 bits per heavy atom. The van der Waals surface area contributed by atoms with Gasteiger partial charge >= 0.3 is 0 Å². The lowest BCUT2D eigenvalue weighted by Crippen LogP contribution is -2.05. The number of nitrogens with one attached hydrogen (secondary N) is 1. The number of hydrogen-bond donors (Lipinski definition) is 1. The molecular formula is C17H24N2OS. The quantitative estimate of drug-likeness (QED) is 0.835. The van der Waals surface area contributed by atoms with Crippen molar-refractivity contribution < 1.29 is 4.74 Å². The number of benzene rings is 1. The summed E-state index contributed by atoms with van der Waals surface area (Å²) >= 11 is 1.77. The molecule has 1 aromatic carbocycles. The molecule has 0 fully saturated rings. The summed E-state index contributed by atoms with van der Waals surface area (Å²) in [6.45, 7) is 8.10. The summed E-state index contributed by atoms with van der Waals surface area (Å²) in [5.74, 6) is 1.47. The van der Waals surface area contributed by atoms with Crippen LogP contribution in [0.2, 0.25) is 0 Å². The van der Waals surface area contributed by atoms with Crippen molar-refractivity contribution in [1.29, 1.82) is 0 Å². The van der Waals surface area contributed by atoms with Gasteiger partial charge in [-0.05, 0) is 43.7 Å². The first-order valence-electron chi connectivity index (χ1n) is 7.50. The third kappa shape index (κ3) is 4.29. The van der Waals surface area contributed by atoms with E-state index in [9.17, 15) is 0 Å². The molecule has 0 amide bonds. The Hall–Kier alpha value is -1.39. The van der Waals surface area contributed by atoms with Crippen molar-refractivity contribution >= 4 is 11.3 Å². The summed E-state index contributed by atoms with van der Waals surface area (Å²) in [7, 11) is 1.97. The molecule has 4 heteroatoms. The van der Waals surface area contributed by atoms with Crippen LogP contribution in [0, 0.1) is 5.92 Å². The first-order valence-corrected chi connectivity index (χ1v) is 8.32. The molecule has 1 heterocycles. The molecule has 1 N–H and O–H groups in total. The van der Waals surface area contributed by atoms with Gasteiger partial charge in [0.15, 0.2) is 0 Å². The number of rotatable bonds is 7. The van der Waals surface area contributed by atoms with E-state index in [-0.39, 0.29) is 0 Å². The Balaban J connectivity index is 2.14. The Morgan fingerprint density at radius 1 is 1.24 bits per heavy atom. The molecule has 0 aliphatic heterocycles. The van der Waals surface area contributed by atoms with Crippen LogP contribution in [0.25, 0.3) is 10.6 Å². The van der Waals surface area contributed by atoms with E-state index in [1.165, 1.54) is 10.6 Å². The van der Waals surface area contributed by atoms with Gasteiger partial charge in [-0.25, -0.2) is 4.98 Å². The zero-order valence-corrected chi connectivity index (χ0v) is 14.1. The lowest BCUT2D eigenvalue weighted by atomic mass is 10.2. The van der Waals surface area contributed by atoms with E-state index < -0.39 is 0 Å². The predicted molar refractivity (Wildman–Crippen MR) is 90.0 cm³/mol. The van der Waals surface area contributed by atoms with Gasteiger partial charge in [-0.3, -0.25) is 0 Å². The van der Waals surface area contributed by atoms with Crippen LogP contribution in [0.1, 0.15) is 31.3 Å². The largest absolute Gasteiger partial charge is 0.493 e. The molecule has 0 bridgehead atoms. The van der Waals surface area contributed by atoms with Crippen molar-refractivity contribution in [2.45, 2.75) is 33.7 Å². The summed E-state index contributed by atoms with van der Waals surface area (Å²) in [6, 6.07) is 8.25. The van der Waals surface area contributed by atoms with Gasteiger partial charge in [0.1, 0.15) is 10.8 Å². The highest BCUT2D eigenvalue weighted by Gasteiger charge is 2.10. The van der Waals surface area contributed by atoms with Crippen molar-refractivity contribution in [1.82, 2.24) is 10.3 Å². The van der Waals surface area contributed by atoms with Crippen LogP contribution >= 0.6 is 11.3 Å². The predicted octanol–water partition coefficient (Wildman–Crippen LogP) is 4.13. The molecule has 0 saturated heterocycles. The fourth-order valence-corrected chi connectivity index (χ4v) is 3.21. The van der Waals surface area contributed by atoms with E-state index in [1.54, 1.807) is 11.3 Å². The van der Waals surface area contributed by atoms with Gasteiger partial charge < -0.3 is 10.1 Å². The maximum atomic E-state index is 5.72. The molecule has 2 rings (SSSR count). The summed E-state index contributed by atoms with van der Waals surface area (Å²) in [6.07, 6.45) is 0.975. The second-order valence-corrected chi connectivity index (χ2v) is 6.59. The summed E-state index contributed by atoms with van der Waals surface area (Å²) in [5, 5.41) is 4.30. The molecular weight excluding hydrogens is 280 g/mol. The molecule has 114 valence electrons. The number of nitrogens with zero attached hydrogens (tertiary/aromatic N) is 1. The SMILES string of the molecule is CCc1nc(-c2ccc(OCC(C)C)cc2)sc1CNC. The average molecular weight is 304 g/mol. The molecule has 0 saturated carbocycles. The summed E-state index contributed by atoms with van der Waals surface area (Å²) < 4.78 is 5.72. The fraction of sp³-hybridized carbons (Fsp3) is 0.471. The van der Waals surface area contributed by atoms with E-state index in [4.69, 9.17) is 9.72 Å². The van der Waals surface area contributed by atoms with Crippen molar-refractivity contribution in [3.05, 3.63) is 34.8 Å². The number of aromatic nitrogens is 1. The zero-order chi connectivity index (χ0) is 15.2. The van der Waals surface area contributed by atoms with Gasteiger partial charge in [-0.15, -0.1) is 11.3 Å². The van der Waals surface area contributed by atoms with Crippen LogP contribution < -0.4 is 10.1 Å². The van der Waals surface area contributed by atoms with E-state index in [2.05, 4.69) is 38.2 Å². The van der Waals surface area contributed by atoms with Crippen molar-refractivity contribution in [3.8, 4) is 16.3 Å². The van der Waals surface area contributed by atoms with E-state index >= 15 is 0 Å². The van der Waals surface area contributed by atoms with Crippen LogP contribution in [0.3, 0.4) is 0 Å². The Kier molecular flexibility index (Phi) is 5.76. The molecule has 0 aliphatic carbocycles. The Morgan fingerprint density at radius 3 is 2.52 bits per heavy atom. The molecule has 2 aromatic rings. The molecule has 0 atom stereocenters. The lowest BCUT2D eigenvalue weighted by Gasteiger charge is -2.08. The molecule has 0 radical (unpaired) electrons. The highest BCUT2D eigenvalue weighted by Crippen LogP contribution is 2.29.